The average Bonchev–Trinajstić information content (AvgIpc) is 2.25. The van der Waals surface area contributed by atoms with E-state index >= 15 is 0 Å². The maximum atomic E-state index is 9.32. The fourth-order valence-corrected chi connectivity index (χ4v) is 1.40. The van der Waals surface area contributed by atoms with E-state index in [0.717, 1.165) is 24.1 Å². The second-order valence-corrected chi connectivity index (χ2v) is 3.61. The van der Waals surface area contributed by atoms with Crippen molar-refractivity contribution in [2.24, 2.45) is 0 Å². The summed E-state index contributed by atoms with van der Waals surface area (Å²) >= 11 is 0. The van der Waals surface area contributed by atoms with Gasteiger partial charge in [-0.3, -0.25) is 0 Å². The molecule has 0 aliphatic heterocycles. The molecule has 15 heavy (non-hydrogen) atoms. The van der Waals surface area contributed by atoms with Crippen molar-refractivity contribution in [3.8, 4) is 0 Å². The lowest BCUT2D eigenvalue weighted by atomic mass is 10.0. The topological polar surface area (TPSA) is 41.5 Å². The van der Waals surface area contributed by atoms with Crippen LogP contribution < -0.4 is 5.32 Å². The third-order valence-corrected chi connectivity index (χ3v) is 2.54. The molecule has 0 rings (SSSR count). The largest absolute Gasteiger partial charge is 0.497 e. The maximum absolute atomic E-state index is 9.32. The summed E-state index contributed by atoms with van der Waals surface area (Å²) in [5, 5.41) is 12.6. The first-order chi connectivity index (χ1) is 7.08. The van der Waals surface area contributed by atoms with Crippen LogP contribution >= 0.6 is 0 Å². The first-order valence-corrected chi connectivity index (χ1v) is 5.35. The molecule has 0 radical (unpaired) electrons. The SMILES string of the molecule is C=C(OC)/C(C)=C(/CO)C(C)NCCC. The summed E-state index contributed by atoms with van der Waals surface area (Å²) in [5.74, 6) is 0.615. The Bertz CT molecular complexity index is 234. The molecule has 1 atom stereocenters. The Kier molecular flexibility index (Phi) is 7.09. The molecule has 0 aromatic carbocycles. The minimum atomic E-state index is 0.0338. The van der Waals surface area contributed by atoms with Gasteiger partial charge in [0, 0.05) is 6.04 Å². The molecule has 3 nitrogen and oxygen atoms in total. The normalized spacial score (nSPS) is 14.5. The molecule has 0 amide bonds. The van der Waals surface area contributed by atoms with Gasteiger partial charge in [0.15, 0.2) is 0 Å². The Labute approximate surface area is 92.8 Å². The minimum absolute atomic E-state index is 0.0338. The highest BCUT2D eigenvalue weighted by Gasteiger charge is 2.12. The lowest BCUT2D eigenvalue weighted by Gasteiger charge is -2.19. The van der Waals surface area contributed by atoms with Gasteiger partial charge in [-0.1, -0.05) is 13.5 Å². The fourth-order valence-electron chi connectivity index (χ4n) is 1.40. The number of nitrogens with one attached hydrogen (secondary N) is 1. The summed E-state index contributed by atoms with van der Waals surface area (Å²) in [6.45, 7) is 10.8. The van der Waals surface area contributed by atoms with E-state index in [-0.39, 0.29) is 12.6 Å². The highest BCUT2D eigenvalue weighted by molar-refractivity contribution is 5.30. The number of ether oxygens (including phenoxy) is 1. The van der Waals surface area contributed by atoms with E-state index in [4.69, 9.17) is 4.74 Å². The third kappa shape index (κ3) is 4.49. The zero-order valence-electron chi connectivity index (χ0n) is 10.3. The molecular weight excluding hydrogens is 190 g/mol. The number of methoxy groups -OCH3 is 1. The molecule has 0 spiro atoms. The van der Waals surface area contributed by atoms with Crippen molar-refractivity contribution in [2.75, 3.05) is 20.3 Å². The predicted octanol–water partition coefficient (Wildman–Crippen LogP) is 1.84. The van der Waals surface area contributed by atoms with Crippen LogP contribution in [0.1, 0.15) is 27.2 Å². The molecule has 1 unspecified atom stereocenters. The van der Waals surface area contributed by atoms with Crippen LogP contribution in [0, 0.1) is 0 Å². The molecule has 88 valence electrons. The molecule has 2 N–H and O–H groups in total. The van der Waals surface area contributed by atoms with E-state index in [9.17, 15) is 5.11 Å². The van der Waals surface area contributed by atoms with E-state index < -0.39 is 0 Å². The van der Waals surface area contributed by atoms with Gasteiger partial charge in [0.25, 0.3) is 0 Å². The van der Waals surface area contributed by atoms with E-state index in [0.29, 0.717) is 5.76 Å². The highest BCUT2D eigenvalue weighted by atomic mass is 16.5. The molecule has 0 saturated carbocycles. The Morgan fingerprint density at radius 2 is 2.13 bits per heavy atom. The number of hydrogen-bond donors (Lipinski definition) is 2. The summed E-state index contributed by atoms with van der Waals surface area (Å²) in [6.07, 6.45) is 1.08. The summed E-state index contributed by atoms with van der Waals surface area (Å²) in [5.41, 5.74) is 1.87. The van der Waals surface area contributed by atoms with Crippen molar-refractivity contribution in [3.05, 3.63) is 23.5 Å². The number of aliphatic hydroxyl groups excluding tert-OH is 1. The molecule has 3 heteroatoms. The van der Waals surface area contributed by atoms with Crippen LogP contribution in [0.2, 0.25) is 0 Å². The average molecular weight is 213 g/mol. The van der Waals surface area contributed by atoms with Crippen LogP contribution in [-0.2, 0) is 4.74 Å². The molecule has 0 aliphatic carbocycles. The van der Waals surface area contributed by atoms with Gasteiger partial charge >= 0.3 is 0 Å². The number of allylic oxidation sites excluding steroid dienone is 1. The molecular formula is C12H23NO2. The lowest BCUT2D eigenvalue weighted by Crippen LogP contribution is -2.30. The van der Waals surface area contributed by atoms with Crippen molar-refractivity contribution < 1.29 is 9.84 Å². The molecule has 0 aliphatic rings. The summed E-state index contributed by atoms with van der Waals surface area (Å²) in [6, 6.07) is 0.154. The van der Waals surface area contributed by atoms with E-state index in [1.165, 1.54) is 0 Å². The molecule has 0 aromatic rings. The third-order valence-electron chi connectivity index (χ3n) is 2.54. The van der Waals surface area contributed by atoms with Crippen LogP contribution in [0.3, 0.4) is 0 Å². The monoisotopic (exact) mass is 213 g/mol. The number of aliphatic hydroxyl groups is 1. The summed E-state index contributed by atoms with van der Waals surface area (Å²) < 4.78 is 5.06. The van der Waals surface area contributed by atoms with Crippen molar-refractivity contribution >= 4 is 0 Å². The minimum Gasteiger partial charge on any atom is -0.497 e. The van der Waals surface area contributed by atoms with Gasteiger partial charge in [0.2, 0.25) is 0 Å². The van der Waals surface area contributed by atoms with Crippen LogP contribution in [0.25, 0.3) is 0 Å². The molecule has 0 aromatic heterocycles. The Morgan fingerprint density at radius 1 is 1.53 bits per heavy atom. The second-order valence-electron chi connectivity index (χ2n) is 3.61. The van der Waals surface area contributed by atoms with Crippen LogP contribution in [0.15, 0.2) is 23.5 Å². The zero-order valence-corrected chi connectivity index (χ0v) is 10.3. The fraction of sp³-hybridized carbons (Fsp3) is 0.667. The second kappa shape index (κ2) is 7.49. The van der Waals surface area contributed by atoms with Gasteiger partial charge in [-0.2, -0.15) is 0 Å². The van der Waals surface area contributed by atoms with Gasteiger partial charge in [-0.05, 0) is 38.0 Å². The molecule has 0 heterocycles. The van der Waals surface area contributed by atoms with Gasteiger partial charge in [0.1, 0.15) is 5.76 Å². The van der Waals surface area contributed by atoms with Gasteiger partial charge in [-0.25, -0.2) is 0 Å². The standard InChI is InChI=1S/C12H23NO2/c1-6-7-13-10(3)12(8-14)9(2)11(4)15-5/h10,13-14H,4,6-8H2,1-3,5H3/b12-9-. The van der Waals surface area contributed by atoms with Crippen LogP contribution in [0.4, 0.5) is 0 Å². The van der Waals surface area contributed by atoms with E-state index in [1.807, 2.05) is 13.8 Å². The Morgan fingerprint density at radius 3 is 2.53 bits per heavy atom. The van der Waals surface area contributed by atoms with Crippen molar-refractivity contribution in [1.29, 1.82) is 0 Å². The zero-order chi connectivity index (χ0) is 11.8. The predicted molar refractivity (Wildman–Crippen MR) is 63.7 cm³/mol. The van der Waals surface area contributed by atoms with Crippen molar-refractivity contribution in [2.45, 2.75) is 33.2 Å². The van der Waals surface area contributed by atoms with Crippen LogP contribution in [-0.4, -0.2) is 31.4 Å². The van der Waals surface area contributed by atoms with E-state index in [2.05, 4.69) is 18.8 Å². The Balaban J connectivity index is 4.63. The smallest absolute Gasteiger partial charge is 0.114 e. The summed E-state index contributed by atoms with van der Waals surface area (Å²) in [7, 11) is 1.59. The van der Waals surface area contributed by atoms with Crippen molar-refractivity contribution in [3.63, 3.8) is 0 Å². The Hall–Kier alpha value is -0.800. The van der Waals surface area contributed by atoms with Gasteiger partial charge < -0.3 is 15.2 Å². The van der Waals surface area contributed by atoms with Crippen molar-refractivity contribution in [1.82, 2.24) is 5.32 Å². The molecule has 0 fully saturated rings. The number of hydrogen-bond acceptors (Lipinski definition) is 3. The summed E-state index contributed by atoms with van der Waals surface area (Å²) in [4.78, 5) is 0. The molecule has 0 saturated heterocycles. The van der Waals surface area contributed by atoms with Gasteiger partial charge in [0.05, 0.1) is 13.7 Å². The lowest BCUT2D eigenvalue weighted by molar-refractivity contribution is 0.292. The number of rotatable bonds is 7. The first-order valence-electron chi connectivity index (χ1n) is 5.35. The maximum Gasteiger partial charge on any atom is 0.114 e. The first kappa shape index (κ1) is 14.2. The quantitative estimate of drug-likeness (QED) is 0.501. The molecule has 0 bridgehead atoms. The highest BCUT2D eigenvalue weighted by Crippen LogP contribution is 2.16. The van der Waals surface area contributed by atoms with Crippen LogP contribution in [0.5, 0.6) is 0 Å². The van der Waals surface area contributed by atoms with E-state index in [1.54, 1.807) is 7.11 Å². The van der Waals surface area contributed by atoms with Gasteiger partial charge in [-0.15, -0.1) is 0 Å².